The highest BCUT2D eigenvalue weighted by atomic mass is 16.6. The number of hydrogen-bond donors (Lipinski definition) is 3. The van der Waals surface area contributed by atoms with Crippen LogP contribution in [0.15, 0.2) is 0 Å². The van der Waals surface area contributed by atoms with E-state index in [4.69, 9.17) is 14.9 Å². The molecule has 0 unspecified atom stereocenters. The van der Waals surface area contributed by atoms with E-state index in [1.807, 2.05) is 20.8 Å². The normalized spacial score (nSPS) is 11.4. The van der Waals surface area contributed by atoms with Gasteiger partial charge in [0, 0.05) is 18.9 Å². The lowest BCUT2D eigenvalue weighted by atomic mass is 10.0. The van der Waals surface area contributed by atoms with Gasteiger partial charge in [0.1, 0.15) is 5.60 Å². The SMILES string of the molecule is CC(C)(C)OC(=O)CCCCCCCCCCCCCCCCC(=O)NC(CC(=O)O)CC(=O)O. The largest absolute Gasteiger partial charge is 0.481 e. The lowest BCUT2D eigenvalue weighted by Gasteiger charge is -2.19. The average Bonchev–Trinajstić information content (AvgIpc) is 2.71. The van der Waals surface area contributed by atoms with Crippen LogP contribution in [-0.4, -0.2) is 45.7 Å². The van der Waals surface area contributed by atoms with Crippen molar-refractivity contribution in [1.29, 1.82) is 0 Å². The number of hydrogen-bond acceptors (Lipinski definition) is 5. The van der Waals surface area contributed by atoms with Gasteiger partial charge < -0.3 is 20.3 Å². The molecule has 0 aromatic rings. The van der Waals surface area contributed by atoms with Gasteiger partial charge in [-0.3, -0.25) is 19.2 Å². The Balaban J connectivity index is 3.46. The molecule has 0 aromatic heterocycles. The van der Waals surface area contributed by atoms with Crippen LogP contribution in [0, 0.1) is 0 Å². The number of rotatable bonds is 22. The number of carboxylic acid groups (broad SMARTS) is 2. The molecule has 8 heteroatoms. The number of carboxylic acids is 2. The molecule has 0 aliphatic rings. The van der Waals surface area contributed by atoms with Crippen LogP contribution in [0.25, 0.3) is 0 Å². The Morgan fingerprint density at radius 3 is 1.31 bits per heavy atom. The molecule has 0 aromatic carbocycles. The minimum atomic E-state index is -1.12. The van der Waals surface area contributed by atoms with Crippen LogP contribution in [0.2, 0.25) is 0 Å². The molecule has 0 rings (SSSR count). The fourth-order valence-electron chi connectivity index (χ4n) is 3.96. The van der Waals surface area contributed by atoms with Crippen LogP contribution in [0.4, 0.5) is 0 Å². The van der Waals surface area contributed by atoms with Gasteiger partial charge in [0.05, 0.1) is 12.8 Å². The van der Waals surface area contributed by atoms with E-state index in [0.29, 0.717) is 12.8 Å². The molecule has 0 radical (unpaired) electrons. The lowest BCUT2D eigenvalue weighted by molar-refractivity contribution is -0.155. The molecule has 0 spiro atoms. The van der Waals surface area contributed by atoms with E-state index in [2.05, 4.69) is 5.32 Å². The molecule has 8 nitrogen and oxygen atoms in total. The number of unbranched alkanes of at least 4 members (excludes halogenated alkanes) is 13. The van der Waals surface area contributed by atoms with Gasteiger partial charge in [0.15, 0.2) is 0 Å². The molecule has 0 saturated heterocycles. The monoisotopic (exact) mass is 499 g/mol. The lowest BCUT2D eigenvalue weighted by Crippen LogP contribution is -2.37. The standard InChI is InChI=1S/C27H49NO7/c1-27(2,3)35-26(34)19-17-15-13-11-9-7-5-4-6-8-10-12-14-16-18-23(29)28-22(20-24(30)31)21-25(32)33/h22H,4-21H2,1-3H3,(H,28,29)(H,30,31)(H,32,33). The molecule has 0 atom stereocenters. The maximum atomic E-state index is 11.9. The highest BCUT2D eigenvalue weighted by Crippen LogP contribution is 2.15. The fourth-order valence-corrected chi connectivity index (χ4v) is 3.96. The van der Waals surface area contributed by atoms with Gasteiger partial charge >= 0.3 is 17.9 Å². The molecule has 0 saturated carbocycles. The van der Waals surface area contributed by atoms with Crippen molar-refractivity contribution in [2.45, 2.75) is 148 Å². The Bertz CT molecular complexity index is 597. The molecule has 35 heavy (non-hydrogen) atoms. The number of amides is 1. The summed E-state index contributed by atoms with van der Waals surface area (Å²) in [4.78, 5) is 45.1. The Morgan fingerprint density at radius 1 is 0.629 bits per heavy atom. The summed E-state index contributed by atoms with van der Waals surface area (Å²) in [6.07, 6.45) is 15.9. The molecule has 0 fully saturated rings. The van der Waals surface area contributed by atoms with Crippen LogP contribution >= 0.6 is 0 Å². The van der Waals surface area contributed by atoms with Crippen LogP contribution in [0.5, 0.6) is 0 Å². The number of nitrogens with one attached hydrogen (secondary N) is 1. The number of carbonyl (C=O) groups is 4. The molecule has 0 bridgehead atoms. The second-order valence-corrected chi connectivity index (χ2v) is 10.5. The van der Waals surface area contributed by atoms with Crippen LogP contribution in [0.3, 0.4) is 0 Å². The first-order valence-corrected chi connectivity index (χ1v) is 13.4. The number of aliphatic carboxylic acids is 2. The molecule has 3 N–H and O–H groups in total. The Kier molecular flexibility index (Phi) is 18.9. The zero-order chi connectivity index (χ0) is 26.5. The van der Waals surface area contributed by atoms with E-state index >= 15 is 0 Å². The van der Waals surface area contributed by atoms with Gasteiger partial charge in [0.2, 0.25) is 5.91 Å². The summed E-state index contributed by atoms with van der Waals surface area (Å²) in [6.45, 7) is 5.68. The number of carbonyl (C=O) groups excluding carboxylic acids is 2. The molecular formula is C27H49NO7. The van der Waals surface area contributed by atoms with Gasteiger partial charge in [-0.25, -0.2) is 0 Å². The summed E-state index contributed by atoms with van der Waals surface area (Å²) in [7, 11) is 0. The first kappa shape index (κ1) is 32.9. The van der Waals surface area contributed by atoms with Crippen molar-refractivity contribution < 1.29 is 34.1 Å². The van der Waals surface area contributed by atoms with Gasteiger partial charge in [-0.15, -0.1) is 0 Å². The minimum absolute atomic E-state index is 0.0953. The van der Waals surface area contributed by atoms with Gasteiger partial charge in [0.25, 0.3) is 0 Å². The second kappa shape index (κ2) is 20.1. The Hall–Kier alpha value is -2.12. The third-order valence-corrected chi connectivity index (χ3v) is 5.66. The van der Waals surface area contributed by atoms with Crippen molar-refractivity contribution in [1.82, 2.24) is 5.32 Å². The summed E-state index contributed by atoms with van der Waals surface area (Å²) >= 11 is 0. The minimum Gasteiger partial charge on any atom is -0.481 e. The third-order valence-electron chi connectivity index (χ3n) is 5.66. The van der Waals surface area contributed by atoms with E-state index in [1.165, 1.54) is 51.4 Å². The van der Waals surface area contributed by atoms with Crippen molar-refractivity contribution >= 4 is 23.8 Å². The van der Waals surface area contributed by atoms with Crippen LogP contribution < -0.4 is 5.32 Å². The summed E-state index contributed by atoms with van der Waals surface area (Å²) < 4.78 is 5.31. The van der Waals surface area contributed by atoms with E-state index in [0.717, 1.165) is 38.5 Å². The molecule has 0 heterocycles. The first-order chi connectivity index (χ1) is 16.5. The fraction of sp³-hybridized carbons (Fsp3) is 0.852. The topological polar surface area (TPSA) is 130 Å². The third kappa shape index (κ3) is 24.8. The zero-order valence-corrected chi connectivity index (χ0v) is 22.2. The van der Waals surface area contributed by atoms with Crippen LogP contribution in [-0.2, 0) is 23.9 Å². The van der Waals surface area contributed by atoms with E-state index in [1.54, 1.807) is 0 Å². The van der Waals surface area contributed by atoms with Crippen molar-refractivity contribution in [2.75, 3.05) is 0 Å². The van der Waals surface area contributed by atoms with Crippen LogP contribution in [0.1, 0.15) is 136 Å². The van der Waals surface area contributed by atoms with Crippen molar-refractivity contribution in [2.24, 2.45) is 0 Å². The summed E-state index contributed by atoms with van der Waals surface area (Å²) in [5.41, 5.74) is -0.392. The molecule has 204 valence electrons. The molecule has 1 amide bonds. The molecule has 0 aliphatic heterocycles. The van der Waals surface area contributed by atoms with Crippen molar-refractivity contribution in [3.63, 3.8) is 0 Å². The highest BCUT2D eigenvalue weighted by molar-refractivity contribution is 5.79. The van der Waals surface area contributed by atoms with E-state index in [9.17, 15) is 19.2 Å². The average molecular weight is 500 g/mol. The number of esters is 1. The Morgan fingerprint density at radius 2 is 0.971 bits per heavy atom. The summed E-state index contributed by atoms with van der Waals surface area (Å²) in [5.74, 6) is -2.62. The van der Waals surface area contributed by atoms with Gasteiger partial charge in [-0.05, 0) is 33.6 Å². The zero-order valence-electron chi connectivity index (χ0n) is 22.2. The first-order valence-electron chi connectivity index (χ1n) is 13.4. The predicted molar refractivity (Wildman–Crippen MR) is 136 cm³/mol. The smallest absolute Gasteiger partial charge is 0.306 e. The maximum absolute atomic E-state index is 11.9. The maximum Gasteiger partial charge on any atom is 0.306 e. The summed E-state index contributed by atoms with van der Waals surface area (Å²) in [6, 6.07) is -0.860. The molecule has 0 aliphatic carbocycles. The van der Waals surface area contributed by atoms with Gasteiger partial charge in [-0.1, -0.05) is 77.0 Å². The molecular weight excluding hydrogens is 450 g/mol. The van der Waals surface area contributed by atoms with Crippen molar-refractivity contribution in [3.8, 4) is 0 Å². The highest BCUT2D eigenvalue weighted by Gasteiger charge is 2.19. The quantitative estimate of drug-likeness (QED) is 0.123. The number of ether oxygens (including phenoxy) is 1. The van der Waals surface area contributed by atoms with Crippen molar-refractivity contribution in [3.05, 3.63) is 0 Å². The van der Waals surface area contributed by atoms with E-state index in [-0.39, 0.29) is 24.7 Å². The predicted octanol–water partition coefficient (Wildman–Crippen LogP) is 6.00. The Labute approximate surface area is 211 Å². The van der Waals surface area contributed by atoms with Gasteiger partial charge in [-0.2, -0.15) is 0 Å². The summed E-state index contributed by atoms with van der Waals surface area (Å²) in [5, 5.41) is 20.1. The second-order valence-electron chi connectivity index (χ2n) is 10.5. The van der Waals surface area contributed by atoms with E-state index < -0.39 is 23.6 Å².